The second kappa shape index (κ2) is 8.84. The molecule has 1 N–H and O–H groups in total. The molecule has 0 spiro atoms. The highest BCUT2D eigenvalue weighted by Crippen LogP contribution is 2.46. The molecule has 0 bridgehead atoms. The average Bonchev–Trinajstić information content (AvgIpc) is 3.56. The minimum Gasteiger partial charge on any atom is -0.454 e. The summed E-state index contributed by atoms with van der Waals surface area (Å²) < 4.78 is 13.5. The van der Waals surface area contributed by atoms with Gasteiger partial charge < -0.3 is 24.3 Å². The van der Waals surface area contributed by atoms with Gasteiger partial charge in [0, 0.05) is 40.0 Å². The van der Waals surface area contributed by atoms with Crippen molar-refractivity contribution in [1.82, 2.24) is 14.9 Å². The van der Waals surface area contributed by atoms with E-state index in [1.165, 1.54) is 0 Å². The van der Waals surface area contributed by atoms with Crippen molar-refractivity contribution < 1.29 is 9.47 Å². The van der Waals surface area contributed by atoms with Crippen LogP contribution in [0.15, 0.2) is 66.9 Å². The van der Waals surface area contributed by atoms with Gasteiger partial charge in [-0.3, -0.25) is 4.98 Å². The van der Waals surface area contributed by atoms with Crippen molar-refractivity contribution in [2.45, 2.75) is 32.9 Å². The van der Waals surface area contributed by atoms with Crippen molar-refractivity contribution in [1.29, 1.82) is 0 Å². The maximum atomic E-state index is 6.40. The standard InChI is InChI=1S/C28H25ClN4O2S/c1-16-7-8-19(29)13-23(16)32-17(2)12-21(18(32)3)27-26(22-6-4-5-11-30-22)31-28(36)33(27)20-9-10-24-25(14-20)35-15-34-24/h4-14,26-27H,15H2,1-3H3,(H,31,36)/t26-,27-/m0/s1. The summed E-state index contributed by atoms with van der Waals surface area (Å²) in [5.74, 6) is 1.46. The fourth-order valence-electron chi connectivity index (χ4n) is 5.27. The van der Waals surface area contributed by atoms with Gasteiger partial charge in [-0.2, -0.15) is 0 Å². The second-order valence-electron chi connectivity index (χ2n) is 9.13. The minimum atomic E-state index is -0.140. The Morgan fingerprint density at radius 3 is 2.64 bits per heavy atom. The van der Waals surface area contributed by atoms with Crippen LogP contribution in [-0.4, -0.2) is 21.5 Å². The summed E-state index contributed by atoms with van der Waals surface area (Å²) in [5, 5.41) is 4.89. The third kappa shape index (κ3) is 3.70. The first-order valence-corrected chi connectivity index (χ1v) is 12.6. The van der Waals surface area contributed by atoms with E-state index in [4.69, 9.17) is 33.3 Å². The van der Waals surface area contributed by atoms with Crippen LogP contribution < -0.4 is 19.7 Å². The van der Waals surface area contributed by atoms with Gasteiger partial charge in [-0.15, -0.1) is 0 Å². The molecule has 0 aliphatic carbocycles. The number of anilines is 1. The Balaban J connectivity index is 1.53. The van der Waals surface area contributed by atoms with E-state index in [9.17, 15) is 0 Å². The van der Waals surface area contributed by atoms with Gasteiger partial charge >= 0.3 is 0 Å². The molecule has 1 fully saturated rings. The number of thiocarbonyl (C=S) groups is 1. The Morgan fingerprint density at radius 1 is 1.00 bits per heavy atom. The number of aromatic nitrogens is 2. The van der Waals surface area contributed by atoms with E-state index in [2.05, 4.69) is 52.7 Å². The maximum absolute atomic E-state index is 6.40. The molecule has 0 radical (unpaired) electrons. The lowest BCUT2D eigenvalue weighted by Gasteiger charge is -2.28. The van der Waals surface area contributed by atoms with Gasteiger partial charge in [-0.05, 0) is 86.6 Å². The summed E-state index contributed by atoms with van der Waals surface area (Å²) >= 11 is 12.3. The number of pyridine rings is 1. The fourth-order valence-corrected chi connectivity index (χ4v) is 5.78. The molecule has 8 heteroatoms. The van der Waals surface area contributed by atoms with Crippen LogP contribution in [0.5, 0.6) is 11.5 Å². The first-order valence-electron chi connectivity index (χ1n) is 11.8. The summed E-state index contributed by atoms with van der Waals surface area (Å²) in [6, 6.07) is 19.9. The molecule has 4 heterocycles. The molecule has 2 aromatic carbocycles. The lowest BCUT2D eigenvalue weighted by atomic mass is 9.96. The number of fused-ring (bicyclic) bond motifs is 1. The number of nitrogens with one attached hydrogen (secondary N) is 1. The zero-order valence-corrected chi connectivity index (χ0v) is 21.7. The Bertz CT molecular complexity index is 1490. The van der Waals surface area contributed by atoms with E-state index in [0.717, 1.165) is 51.1 Å². The first kappa shape index (κ1) is 22.9. The average molecular weight is 517 g/mol. The van der Waals surface area contributed by atoms with Crippen molar-refractivity contribution in [3.8, 4) is 17.2 Å². The van der Waals surface area contributed by atoms with Crippen LogP contribution in [-0.2, 0) is 0 Å². The van der Waals surface area contributed by atoms with E-state index < -0.39 is 0 Å². The highest BCUT2D eigenvalue weighted by Gasteiger charge is 2.42. The zero-order chi connectivity index (χ0) is 25.0. The summed E-state index contributed by atoms with van der Waals surface area (Å²) in [5.41, 5.74) is 7.49. The number of aryl methyl sites for hydroxylation is 2. The molecule has 2 atom stereocenters. The second-order valence-corrected chi connectivity index (χ2v) is 9.95. The third-order valence-corrected chi connectivity index (χ3v) is 7.48. The number of halogens is 1. The zero-order valence-electron chi connectivity index (χ0n) is 20.2. The molecule has 2 aliphatic rings. The fraction of sp³-hybridized carbons (Fsp3) is 0.214. The van der Waals surface area contributed by atoms with E-state index in [0.29, 0.717) is 10.1 Å². The van der Waals surface area contributed by atoms with Crippen LogP contribution in [0.1, 0.15) is 40.3 Å². The van der Waals surface area contributed by atoms with Crippen LogP contribution >= 0.6 is 23.8 Å². The topological polar surface area (TPSA) is 51.6 Å². The van der Waals surface area contributed by atoms with Crippen LogP contribution in [0.25, 0.3) is 5.69 Å². The molecule has 2 aliphatic heterocycles. The molecule has 6 rings (SSSR count). The Labute approximate surface area is 220 Å². The predicted molar refractivity (Wildman–Crippen MR) is 145 cm³/mol. The molecule has 36 heavy (non-hydrogen) atoms. The SMILES string of the molecule is Cc1ccc(Cl)cc1-n1c(C)cc([C@H]2[C@H](c3ccccn3)NC(=S)N2c2ccc3c(c2)OCO3)c1C. The normalized spacial score (nSPS) is 18.6. The van der Waals surface area contributed by atoms with Gasteiger partial charge in [-0.1, -0.05) is 23.7 Å². The summed E-state index contributed by atoms with van der Waals surface area (Å²) in [7, 11) is 0. The summed E-state index contributed by atoms with van der Waals surface area (Å²) in [6.07, 6.45) is 1.82. The van der Waals surface area contributed by atoms with Crippen molar-refractivity contribution >= 4 is 34.6 Å². The molecule has 0 saturated carbocycles. The van der Waals surface area contributed by atoms with E-state index >= 15 is 0 Å². The van der Waals surface area contributed by atoms with Crippen molar-refractivity contribution in [3.05, 3.63) is 100 Å². The highest BCUT2D eigenvalue weighted by atomic mass is 35.5. The molecular weight excluding hydrogens is 492 g/mol. The third-order valence-electron chi connectivity index (χ3n) is 6.93. The summed E-state index contributed by atoms with van der Waals surface area (Å²) in [6.45, 7) is 6.60. The summed E-state index contributed by atoms with van der Waals surface area (Å²) in [4.78, 5) is 6.84. The molecule has 2 aromatic heterocycles. The van der Waals surface area contributed by atoms with Gasteiger partial charge in [0.1, 0.15) is 0 Å². The number of hydrogen-bond donors (Lipinski definition) is 1. The molecule has 4 aromatic rings. The van der Waals surface area contributed by atoms with Crippen molar-refractivity contribution in [2.24, 2.45) is 0 Å². The number of hydrogen-bond acceptors (Lipinski definition) is 4. The van der Waals surface area contributed by atoms with Crippen LogP contribution in [0.4, 0.5) is 5.69 Å². The predicted octanol–water partition coefficient (Wildman–Crippen LogP) is 6.36. The largest absolute Gasteiger partial charge is 0.454 e. The Kier molecular flexibility index (Phi) is 5.62. The van der Waals surface area contributed by atoms with Crippen LogP contribution in [0.3, 0.4) is 0 Å². The van der Waals surface area contributed by atoms with Crippen molar-refractivity contribution in [3.63, 3.8) is 0 Å². The number of benzene rings is 2. The van der Waals surface area contributed by atoms with Crippen LogP contribution in [0.2, 0.25) is 5.02 Å². The number of rotatable bonds is 4. The molecule has 6 nitrogen and oxygen atoms in total. The van der Waals surface area contributed by atoms with E-state index in [-0.39, 0.29) is 18.9 Å². The van der Waals surface area contributed by atoms with Crippen LogP contribution in [0, 0.1) is 20.8 Å². The van der Waals surface area contributed by atoms with E-state index in [1.807, 2.05) is 54.7 Å². The Hall–Kier alpha value is -3.55. The molecule has 0 unspecified atom stereocenters. The smallest absolute Gasteiger partial charge is 0.231 e. The Morgan fingerprint density at radius 2 is 1.83 bits per heavy atom. The first-order chi connectivity index (χ1) is 17.4. The monoisotopic (exact) mass is 516 g/mol. The molecule has 1 saturated heterocycles. The lowest BCUT2D eigenvalue weighted by Crippen LogP contribution is -2.29. The highest BCUT2D eigenvalue weighted by molar-refractivity contribution is 7.80. The molecule has 0 amide bonds. The number of ether oxygens (including phenoxy) is 2. The van der Waals surface area contributed by atoms with Gasteiger partial charge in [0.25, 0.3) is 0 Å². The maximum Gasteiger partial charge on any atom is 0.231 e. The molecule has 182 valence electrons. The number of nitrogens with zero attached hydrogens (tertiary/aromatic N) is 3. The molecular formula is C28H25ClN4O2S. The quantitative estimate of drug-likeness (QED) is 0.319. The van der Waals surface area contributed by atoms with E-state index in [1.54, 1.807) is 0 Å². The van der Waals surface area contributed by atoms with Gasteiger partial charge in [0.2, 0.25) is 6.79 Å². The van der Waals surface area contributed by atoms with Crippen molar-refractivity contribution in [2.75, 3.05) is 11.7 Å². The van der Waals surface area contributed by atoms with Gasteiger partial charge in [-0.25, -0.2) is 0 Å². The minimum absolute atomic E-state index is 0.132. The van der Waals surface area contributed by atoms with Gasteiger partial charge in [0.15, 0.2) is 16.6 Å². The van der Waals surface area contributed by atoms with Gasteiger partial charge in [0.05, 0.1) is 17.8 Å². The lowest BCUT2D eigenvalue weighted by molar-refractivity contribution is 0.174.